The van der Waals surface area contributed by atoms with Gasteiger partial charge < -0.3 is 10.6 Å². The third-order valence-electron chi connectivity index (χ3n) is 3.47. The molecule has 0 fully saturated rings. The Morgan fingerprint density at radius 3 is 2.52 bits per heavy atom. The van der Waals surface area contributed by atoms with E-state index in [0.29, 0.717) is 0 Å². The predicted octanol–water partition coefficient (Wildman–Crippen LogP) is 3.64. The molecule has 112 valence electrons. The van der Waals surface area contributed by atoms with Crippen molar-refractivity contribution >= 4 is 22.9 Å². The Kier molecular flexibility index (Phi) is 5.15. The number of para-hydroxylation sites is 1. The molecule has 0 aliphatic heterocycles. The number of amides is 1. The Morgan fingerprint density at radius 2 is 1.90 bits per heavy atom. The standard InChI is InChI=1S/C17H22N2OS/c1-13(16(20)19-14-8-5-4-6-9-14)18-12-17(2,3)15-10-7-11-21-15/h4-11,13,18H,12H2,1-3H3,(H,19,20). The molecule has 1 aromatic carbocycles. The zero-order chi connectivity index (χ0) is 15.3. The van der Waals surface area contributed by atoms with Gasteiger partial charge in [-0.1, -0.05) is 38.1 Å². The summed E-state index contributed by atoms with van der Waals surface area (Å²) in [7, 11) is 0. The molecule has 21 heavy (non-hydrogen) atoms. The van der Waals surface area contributed by atoms with Gasteiger partial charge in [-0.15, -0.1) is 11.3 Å². The quantitative estimate of drug-likeness (QED) is 0.855. The second-order valence-corrected chi connectivity index (χ2v) is 6.77. The van der Waals surface area contributed by atoms with Crippen LogP contribution in [0.2, 0.25) is 0 Å². The van der Waals surface area contributed by atoms with Crippen LogP contribution in [-0.2, 0) is 10.2 Å². The predicted molar refractivity (Wildman–Crippen MR) is 89.9 cm³/mol. The van der Waals surface area contributed by atoms with Crippen LogP contribution in [0.4, 0.5) is 5.69 Å². The van der Waals surface area contributed by atoms with Gasteiger partial charge in [-0.05, 0) is 30.5 Å². The van der Waals surface area contributed by atoms with E-state index in [1.807, 2.05) is 37.3 Å². The molecule has 2 rings (SSSR count). The van der Waals surface area contributed by atoms with Crippen LogP contribution < -0.4 is 10.6 Å². The van der Waals surface area contributed by atoms with E-state index in [9.17, 15) is 4.79 Å². The van der Waals surface area contributed by atoms with Crippen LogP contribution in [0, 0.1) is 0 Å². The maximum Gasteiger partial charge on any atom is 0.241 e. The van der Waals surface area contributed by atoms with E-state index >= 15 is 0 Å². The van der Waals surface area contributed by atoms with Crippen LogP contribution in [0.5, 0.6) is 0 Å². The van der Waals surface area contributed by atoms with Crippen molar-refractivity contribution in [1.82, 2.24) is 5.32 Å². The molecule has 0 saturated heterocycles. The molecule has 0 saturated carbocycles. The molecule has 1 heterocycles. The number of thiophene rings is 1. The zero-order valence-electron chi connectivity index (χ0n) is 12.7. The average Bonchev–Trinajstić information content (AvgIpc) is 3.01. The van der Waals surface area contributed by atoms with E-state index < -0.39 is 0 Å². The number of benzene rings is 1. The molecule has 1 atom stereocenters. The summed E-state index contributed by atoms with van der Waals surface area (Å²) >= 11 is 1.75. The Hall–Kier alpha value is -1.65. The number of anilines is 1. The lowest BCUT2D eigenvalue weighted by Crippen LogP contribution is -2.43. The molecule has 2 N–H and O–H groups in total. The van der Waals surface area contributed by atoms with Crippen molar-refractivity contribution in [3.05, 3.63) is 52.7 Å². The van der Waals surface area contributed by atoms with Crippen LogP contribution in [-0.4, -0.2) is 18.5 Å². The molecule has 2 aromatic rings. The Labute approximate surface area is 130 Å². The molecule has 0 bridgehead atoms. The third-order valence-corrected chi connectivity index (χ3v) is 4.71. The minimum atomic E-state index is -0.232. The van der Waals surface area contributed by atoms with Crippen LogP contribution in [0.25, 0.3) is 0 Å². The van der Waals surface area contributed by atoms with E-state index in [1.54, 1.807) is 11.3 Å². The smallest absolute Gasteiger partial charge is 0.241 e. The van der Waals surface area contributed by atoms with E-state index in [1.165, 1.54) is 4.88 Å². The second-order valence-electron chi connectivity index (χ2n) is 5.82. The van der Waals surface area contributed by atoms with Crippen molar-refractivity contribution in [2.45, 2.75) is 32.2 Å². The summed E-state index contributed by atoms with van der Waals surface area (Å²) in [5, 5.41) is 8.33. The summed E-state index contributed by atoms with van der Waals surface area (Å²) in [4.78, 5) is 13.5. The number of hydrogen-bond acceptors (Lipinski definition) is 3. The monoisotopic (exact) mass is 302 g/mol. The molecule has 1 unspecified atom stereocenters. The molecule has 3 nitrogen and oxygen atoms in total. The van der Waals surface area contributed by atoms with Crippen molar-refractivity contribution in [3.8, 4) is 0 Å². The topological polar surface area (TPSA) is 41.1 Å². The summed E-state index contributed by atoms with van der Waals surface area (Å²) in [6, 6.07) is 13.5. The Balaban J connectivity index is 1.87. The second kappa shape index (κ2) is 6.87. The lowest BCUT2D eigenvalue weighted by atomic mass is 9.91. The van der Waals surface area contributed by atoms with E-state index in [2.05, 4.69) is 42.0 Å². The van der Waals surface area contributed by atoms with Crippen molar-refractivity contribution in [3.63, 3.8) is 0 Å². The van der Waals surface area contributed by atoms with Crippen LogP contribution >= 0.6 is 11.3 Å². The number of hydrogen-bond donors (Lipinski definition) is 2. The normalized spacial score (nSPS) is 12.9. The summed E-state index contributed by atoms with van der Waals surface area (Å²) in [6.45, 7) is 7.03. The first-order valence-electron chi connectivity index (χ1n) is 7.12. The SMILES string of the molecule is CC(NCC(C)(C)c1cccs1)C(=O)Nc1ccccc1. The number of carbonyl (C=O) groups is 1. The highest BCUT2D eigenvalue weighted by Crippen LogP contribution is 2.26. The van der Waals surface area contributed by atoms with Gasteiger partial charge in [0.05, 0.1) is 6.04 Å². The van der Waals surface area contributed by atoms with Crippen molar-refractivity contribution in [1.29, 1.82) is 0 Å². The molecule has 0 aliphatic rings. The van der Waals surface area contributed by atoms with Gasteiger partial charge in [0.1, 0.15) is 0 Å². The van der Waals surface area contributed by atoms with Crippen LogP contribution in [0.15, 0.2) is 47.8 Å². The summed E-state index contributed by atoms with van der Waals surface area (Å²) in [5.41, 5.74) is 0.851. The molecule has 0 radical (unpaired) electrons. The first-order chi connectivity index (χ1) is 9.99. The van der Waals surface area contributed by atoms with Gasteiger partial charge in [-0.2, -0.15) is 0 Å². The highest BCUT2D eigenvalue weighted by Gasteiger charge is 2.23. The number of carbonyl (C=O) groups excluding carboxylic acids is 1. The fraction of sp³-hybridized carbons (Fsp3) is 0.353. The first-order valence-corrected chi connectivity index (χ1v) is 8.00. The van der Waals surface area contributed by atoms with Gasteiger partial charge in [-0.3, -0.25) is 4.79 Å². The maximum atomic E-state index is 12.1. The van der Waals surface area contributed by atoms with E-state index in [4.69, 9.17) is 0 Å². The molecule has 0 spiro atoms. The molecular formula is C17H22N2OS. The van der Waals surface area contributed by atoms with E-state index in [0.717, 1.165) is 12.2 Å². The minimum Gasteiger partial charge on any atom is -0.325 e. The van der Waals surface area contributed by atoms with Crippen molar-refractivity contribution in [2.75, 3.05) is 11.9 Å². The van der Waals surface area contributed by atoms with Crippen molar-refractivity contribution in [2.24, 2.45) is 0 Å². The fourth-order valence-corrected chi connectivity index (χ4v) is 2.88. The molecule has 1 amide bonds. The number of rotatable bonds is 6. The minimum absolute atomic E-state index is 0.0109. The molecule has 0 aliphatic carbocycles. The maximum absolute atomic E-state index is 12.1. The summed E-state index contributed by atoms with van der Waals surface area (Å²) < 4.78 is 0. The van der Waals surface area contributed by atoms with Crippen molar-refractivity contribution < 1.29 is 4.79 Å². The highest BCUT2D eigenvalue weighted by molar-refractivity contribution is 7.10. The fourth-order valence-electron chi connectivity index (χ4n) is 2.02. The first kappa shape index (κ1) is 15.7. The van der Waals surface area contributed by atoms with Crippen LogP contribution in [0.3, 0.4) is 0 Å². The van der Waals surface area contributed by atoms with Gasteiger partial charge >= 0.3 is 0 Å². The third kappa shape index (κ3) is 4.41. The highest BCUT2D eigenvalue weighted by atomic mass is 32.1. The summed E-state index contributed by atoms with van der Waals surface area (Å²) in [5.74, 6) is -0.0109. The van der Waals surface area contributed by atoms with Gasteiger partial charge in [0.2, 0.25) is 5.91 Å². The largest absolute Gasteiger partial charge is 0.325 e. The Bertz CT molecular complexity index is 564. The van der Waals surface area contributed by atoms with Gasteiger partial charge in [0, 0.05) is 22.5 Å². The average molecular weight is 302 g/mol. The van der Waals surface area contributed by atoms with E-state index in [-0.39, 0.29) is 17.4 Å². The summed E-state index contributed by atoms with van der Waals surface area (Å²) in [6.07, 6.45) is 0. The lowest BCUT2D eigenvalue weighted by Gasteiger charge is -2.26. The zero-order valence-corrected chi connectivity index (χ0v) is 13.5. The molecule has 1 aromatic heterocycles. The Morgan fingerprint density at radius 1 is 1.19 bits per heavy atom. The van der Waals surface area contributed by atoms with Gasteiger partial charge in [-0.25, -0.2) is 0 Å². The molecule has 4 heteroatoms. The van der Waals surface area contributed by atoms with Crippen LogP contribution in [0.1, 0.15) is 25.6 Å². The molecular weight excluding hydrogens is 280 g/mol. The van der Waals surface area contributed by atoms with Gasteiger partial charge in [0.25, 0.3) is 0 Å². The van der Waals surface area contributed by atoms with Gasteiger partial charge in [0.15, 0.2) is 0 Å². The lowest BCUT2D eigenvalue weighted by molar-refractivity contribution is -0.117. The number of nitrogens with one attached hydrogen (secondary N) is 2.